The number of nitrogens with zero attached hydrogens (tertiary/aromatic N) is 2. The van der Waals surface area contributed by atoms with Crippen LogP contribution in [0.25, 0.3) is 0 Å². The summed E-state index contributed by atoms with van der Waals surface area (Å²) in [5, 5.41) is 5.96. The van der Waals surface area contributed by atoms with Gasteiger partial charge >= 0.3 is 6.03 Å². The third kappa shape index (κ3) is 3.98. The van der Waals surface area contributed by atoms with Gasteiger partial charge in [-0.1, -0.05) is 12.1 Å². The number of likely N-dealkylation sites (tertiary alicyclic amines) is 1. The van der Waals surface area contributed by atoms with Crippen molar-refractivity contribution in [3.63, 3.8) is 0 Å². The molecule has 2 amide bonds. The lowest BCUT2D eigenvalue weighted by Crippen LogP contribution is -2.37. The summed E-state index contributed by atoms with van der Waals surface area (Å²) in [5.74, 6) is 2.06. The summed E-state index contributed by atoms with van der Waals surface area (Å²) in [4.78, 5) is 19.7. The van der Waals surface area contributed by atoms with Crippen molar-refractivity contribution in [1.82, 2.24) is 9.88 Å². The van der Waals surface area contributed by atoms with Crippen molar-refractivity contribution in [2.24, 2.45) is 0 Å². The highest BCUT2D eigenvalue weighted by Gasteiger charge is 2.45. The molecular weight excluding hydrogens is 426 g/mol. The minimum Gasteiger partial charge on any atom is -0.497 e. The van der Waals surface area contributed by atoms with E-state index in [-0.39, 0.29) is 11.4 Å². The summed E-state index contributed by atoms with van der Waals surface area (Å²) in [7, 11) is 4.84. The predicted octanol–water partition coefficient (Wildman–Crippen LogP) is 4.70. The number of carbonyl (C=O) groups excluding carboxylic acids is 1. The number of amides is 2. The first kappa shape index (κ1) is 22.0. The van der Waals surface area contributed by atoms with Gasteiger partial charge in [0.2, 0.25) is 0 Å². The predicted molar refractivity (Wildman–Crippen MR) is 125 cm³/mol. The lowest BCUT2D eigenvalue weighted by atomic mass is 9.79. The van der Waals surface area contributed by atoms with E-state index in [1.165, 1.54) is 0 Å². The molecule has 0 unspecified atom stereocenters. The van der Waals surface area contributed by atoms with Crippen molar-refractivity contribution in [1.29, 1.82) is 0 Å². The molecule has 2 heterocycles. The summed E-state index contributed by atoms with van der Waals surface area (Å²) in [6.07, 6.45) is 2.59. The Labute approximate surface area is 191 Å². The molecule has 0 bridgehead atoms. The summed E-state index contributed by atoms with van der Waals surface area (Å²) in [6, 6.07) is 11.4. The Kier molecular flexibility index (Phi) is 6.23. The normalized spacial score (nSPS) is 17.8. The molecule has 0 spiro atoms. The van der Waals surface area contributed by atoms with E-state index in [0.717, 1.165) is 28.3 Å². The number of methoxy groups -OCH3 is 3. The lowest BCUT2D eigenvalue weighted by Gasteiger charge is -2.28. The van der Waals surface area contributed by atoms with Crippen molar-refractivity contribution in [3.8, 4) is 17.2 Å². The molecule has 1 aliphatic rings. The van der Waals surface area contributed by atoms with Gasteiger partial charge in [0.1, 0.15) is 22.3 Å². The van der Waals surface area contributed by atoms with Crippen LogP contribution in [0.3, 0.4) is 0 Å². The van der Waals surface area contributed by atoms with E-state index >= 15 is 0 Å². The monoisotopic (exact) mass is 453 g/mol. The number of nitrogens with one attached hydrogen (secondary N) is 1. The number of thiazole rings is 1. The number of hydrogen-bond donors (Lipinski definition) is 1. The topological polar surface area (TPSA) is 72.9 Å². The quantitative estimate of drug-likeness (QED) is 0.586. The average molecular weight is 454 g/mol. The van der Waals surface area contributed by atoms with E-state index in [1.807, 2.05) is 23.4 Å². The number of urea groups is 1. The highest BCUT2D eigenvalue weighted by Crippen LogP contribution is 2.43. The zero-order valence-corrected chi connectivity index (χ0v) is 19.5. The number of benzene rings is 2. The molecule has 168 valence electrons. The lowest BCUT2D eigenvalue weighted by molar-refractivity contribution is 0.220. The van der Waals surface area contributed by atoms with Crippen LogP contribution in [0.15, 0.2) is 48.0 Å². The van der Waals surface area contributed by atoms with Crippen molar-refractivity contribution in [3.05, 3.63) is 64.1 Å². The molecule has 2 aromatic carbocycles. The van der Waals surface area contributed by atoms with Crippen LogP contribution in [-0.4, -0.2) is 50.3 Å². The van der Waals surface area contributed by atoms with Gasteiger partial charge in [0.05, 0.1) is 32.4 Å². The van der Waals surface area contributed by atoms with Gasteiger partial charge in [-0.2, -0.15) is 0 Å². The summed E-state index contributed by atoms with van der Waals surface area (Å²) in [6.45, 7) is 3.15. The van der Waals surface area contributed by atoms with Crippen LogP contribution in [0.2, 0.25) is 0 Å². The van der Waals surface area contributed by atoms with Gasteiger partial charge in [-0.25, -0.2) is 9.78 Å². The maximum absolute atomic E-state index is 13.2. The van der Waals surface area contributed by atoms with Crippen LogP contribution >= 0.6 is 11.3 Å². The Morgan fingerprint density at radius 2 is 1.91 bits per heavy atom. The fourth-order valence-electron chi connectivity index (χ4n) is 4.20. The van der Waals surface area contributed by atoms with E-state index < -0.39 is 0 Å². The molecule has 1 aromatic heterocycles. The largest absolute Gasteiger partial charge is 0.497 e. The number of aromatic nitrogens is 1. The molecule has 1 saturated heterocycles. The third-order valence-corrected chi connectivity index (χ3v) is 6.98. The molecule has 0 radical (unpaired) electrons. The van der Waals surface area contributed by atoms with Crippen molar-refractivity contribution >= 4 is 23.1 Å². The van der Waals surface area contributed by atoms with Gasteiger partial charge in [-0.05, 0) is 42.7 Å². The Morgan fingerprint density at radius 1 is 1.09 bits per heavy atom. The molecule has 8 heteroatoms. The fraction of sp³-hybridized carbons (Fsp3) is 0.333. The van der Waals surface area contributed by atoms with Crippen LogP contribution in [-0.2, 0) is 5.41 Å². The Hall–Kier alpha value is -3.26. The number of anilines is 1. The molecule has 1 fully saturated rings. The van der Waals surface area contributed by atoms with Crippen molar-refractivity contribution in [2.75, 3.05) is 39.7 Å². The van der Waals surface area contributed by atoms with Gasteiger partial charge in [-0.3, -0.25) is 0 Å². The molecular formula is C24H27N3O4S. The number of aryl methyl sites for hydroxylation is 1. The molecule has 0 saturated carbocycles. The number of carbonyl (C=O) groups is 1. The third-order valence-electron chi connectivity index (χ3n) is 6.01. The maximum Gasteiger partial charge on any atom is 0.321 e. The minimum atomic E-state index is -0.384. The summed E-state index contributed by atoms with van der Waals surface area (Å²) < 4.78 is 16.3. The first-order valence-corrected chi connectivity index (χ1v) is 11.2. The second kappa shape index (κ2) is 9.08. The Morgan fingerprint density at radius 3 is 2.59 bits per heavy atom. The molecule has 7 nitrogen and oxygen atoms in total. The van der Waals surface area contributed by atoms with Gasteiger partial charge in [-0.15, -0.1) is 11.3 Å². The standard InChI is InChI=1S/C24H27N3O4S/c1-16-5-6-17(13-21(16)31-4)24(22-25-10-12-32-22)9-11-27(15-24)23(28)26-19-14-18(29-2)7-8-20(19)30-3/h5-8,10,12-14H,9,11,15H2,1-4H3,(H,26,28)/t24-/m0/s1. The van der Waals surface area contributed by atoms with E-state index in [4.69, 9.17) is 14.2 Å². The number of hydrogen-bond acceptors (Lipinski definition) is 6. The van der Waals surface area contributed by atoms with Gasteiger partial charge in [0, 0.05) is 30.7 Å². The van der Waals surface area contributed by atoms with E-state index in [2.05, 4.69) is 28.5 Å². The van der Waals surface area contributed by atoms with E-state index in [1.54, 1.807) is 50.9 Å². The van der Waals surface area contributed by atoms with Gasteiger partial charge in [0.25, 0.3) is 0 Å². The number of rotatable bonds is 6. The molecule has 0 aliphatic carbocycles. The van der Waals surface area contributed by atoms with Gasteiger partial charge < -0.3 is 24.4 Å². The maximum atomic E-state index is 13.2. The second-order valence-electron chi connectivity index (χ2n) is 7.77. The molecule has 1 N–H and O–H groups in total. The van der Waals surface area contributed by atoms with Crippen molar-refractivity contribution < 1.29 is 19.0 Å². The Bertz CT molecular complexity index is 1100. The zero-order valence-electron chi connectivity index (χ0n) is 18.7. The van der Waals surface area contributed by atoms with Crippen LogP contribution < -0.4 is 19.5 Å². The van der Waals surface area contributed by atoms with Crippen LogP contribution in [0.5, 0.6) is 17.2 Å². The smallest absolute Gasteiger partial charge is 0.321 e. The van der Waals surface area contributed by atoms with E-state index in [0.29, 0.717) is 30.3 Å². The first-order chi connectivity index (χ1) is 15.5. The SMILES string of the molecule is COc1ccc(OC)c(NC(=O)N2CC[C@](c3ccc(C)c(OC)c3)(c3nccs3)C2)c1. The van der Waals surface area contributed by atoms with Crippen LogP contribution in [0, 0.1) is 6.92 Å². The van der Waals surface area contributed by atoms with Crippen LogP contribution in [0.1, 0.15) is 22.6 Å². The number of ether oxygens (including phenoxy) is 3. The fourth-order valence-corrected chi connectivity index (χ4v) is 5.08. The second-order valence-corrected chi connectivity index (χ2v) is 8.67. The van der Waals surface area contributed by atoms with Crippen molar-refractivity contribution in [2.45, 2.75) is 18.8 Å². The molecule has 4 rings (SSSR count). The van der Waals surface area contributed by atoms with E-state index in [9.17, 15) is 4.79 Å². The molecule has 32 heavy (non-hydrogen) atoms. The highest BCUT2D eigenvalue weighted by molar-refractivity contribution is 7.09. The highest BCUT2D eigenvalue weighted by atomic mass is 32.1. The Balaban J connectivity index is 1.63. The summed E-state index contributed by atoms with van der Waals surface area (Å²) >= 11 is 1.61. The minimum absolute atomic E-state index is 0.186. The molecule has 1 aliphatic heterocycles. The van der Waals surface area contributed by atoms with Crippen LogP contribution in [0.4, 0.5) is 10.5 Å². The molecule has 1 atom stereocenters. The van der Waals surface area contributed by atoms with Gasteiger partial charge in [0.15, 0.2) is 0 Å². The molecule has 3 aromatic rings. The average Bonchev–Trinajstić information content (AvgIpc) is 3.50. The zero-order chi connectivity index (χ0) is 22.7. The summed E-state index contributed by atoms with van der Waals surface area (Å²) in [5.41, 5.74) is 2.36. The first-order valence-electron chi connectivity index (χ1n) is 10.3.